The summed E-state index contributed by atoms with van der Waals surface area (Å²) in [5, 5.41) is 12.8. The van der Waals surface area contributed by atoms with Crippen molar-refractivity contribution < 1.29 is 4.79 Å². The van der Waals surface area contributed by atoms with E-state index >= 15 is 0 Å². The molecule has 0 bridgehead atoms. The van der Waals surface area contributed by atoms with Crippen LogP contribution in [0.1, 0.15) is 63.4 Å². The summed E-state index contributed by atoms with van der Waals surface area (Å²) in [5.41, 5.74) is 4.53. The van der Waals surface area contributed by atoms with Crippen molar-refractivity contribution in [1.29, 1.82) is 0 Å². The van der Waals surface area contributed by atoms with Gasteiger partial charge in [-0.15, -0.1) is 10.2 Å². The van der Waals surface area contributed by atoms with Gasteiger partial charge in [-0.05, 0) is 47.6 Å². The number of hydrogen-bond acceptors (Lipinski definition) is 4. The highest BCUT2D eigenvalue weighted by Gasteiger charge is 2.31. The Kier molecular flexibility index (Phi) is 5.69. The highest BCUT2D eigenvalue weighted by Crippen LogP contribution is 2.41. The number of nitrogens with zero attached hydrogens (tertiary/aromatic N) is 3. The quantitative estimate of drug-likeness (QED) is 0.520. The van der Waals surface area contributed by atoms with Crippen molar-refractivity contribution in [1.82, 2.24) is 14.8 Å². The largest absolute Gasteiger partial charge is 0.326 e. The molecule has 1 amide bonds. The van der Waals surface area contributed by atoms with Gasteiger partial charge in [-0.3, -0.25) is 9.36 Å². The number of hydrogen-bond donors (Lipinski definition) is 1. The number of anilines is 1. The van der Waals surface area contributed by atoms with E-state index in [9.17, 15) is 4.79 Å². The van der Waals surface area contributed by atoms with Crippen LogP contribution in [0.5, 0.6) is 0 Å². The third-order valence-electron chi connectivity index (χ3n) is 5.21. The minimum Gasteiger partial charge on any atom is -0.326 e. The lowest BCUT2D eigenvalue weighted by Gasteiger charge is -2.19. The first-order valence-electron chi connectivity index (χ1n) is 10.4. The molecule has 1 N–H and O–H groups in total. The maximum atomic E-state index is 11.5. The molecule has 0 unspecified atom stereocenters. The minimum absolute atomic E-state index is 0.0772. The number of benzene rings is 2. The Morgan fingerprint density at radius 2 is 1.87 bits per heavy atom. The normalized spacial score (nSPS) is 14.0. The van der Waals surface area contributed by atoms with E-state index < -0.39 is 0 Å². The van der Waals surface area contributed by atoms with Crippen LogP contribution in [0.4, 0.5) is 5.69 Å². The maximum Gasteiger partial charge on any atom is 0.221 e. The Hall–Kier alpha value is -2.60. The maximum absolute atomic E-state index is 11.5. The van der Waals surface area contributed by atoms with E-state index in [1.165, 1.54) is 18.1 Å². The molecule has 1 fully saturated rings. The van der Waals surface area contributed by atoms with Crippen LogP contribution in [0.25, 0.3) is 5.69 Å². The second kappa shape index (κ2) is 8.26. The van der Waals surface area contributed by atoms with Crippen molar-refractivity contribution in [2.75, 3.05) is 5.32 Å². The zero-order valence-corrected chi connectivity index (χ0v) is 18.8. The number of thioether (sulfide) groups is 1. The van der Waals surface area contributed by atoms with Gasteiger partial charge in [0.25, 0.3) is 0 Å². The van der Waals surface area contributed by atoms with E-state index in [0.717, 1.165) is 41.0 Å². The molecule has 3 aromatic rings. The van der Waals surface area contributed by atoms with Crippen molar-refractivity contribution >= 4 is 23.4 Å². The van der Waals surface area contributed by atoms with E-state index in [-0.39, 0.29) is 11.3 Å². The Bertz CT molecular complexity index is 1050. The second-order valence-corrected chi connectivity index (χ2v) is 9.86. The summed E-state index contributed by atoms with van der Waals surface area (Å²) in [7, 11) is 0. The van der Waals surface area contributed by atoms with Crippen LogP contribution in [0.15, 0.2) is 53.7 Å². The van der Waals surface area contributed by atoms with Gasteiger partial charge in [0.1, 0.15) is 5.82 Å². The summed E-state index contributed by atoms with van der Waals surface area (Å²) < 4.78 is 2.15. The summed E-state index contributed by atoms with van der Waals surface area (Å²) in [6, 6.07) is 16.7. The van der Waals surface area contributed by atoms with Gasteiger partial charge in [0.2, 0.25) is 5.91 Å². The highest BCUT2D eigenvalue weighted by atomic mass is 32.2. The van der Waals surface area contributed by atoms with Crippen LogP contribution in [0.2, 0.25) is 0 Å². The molecule has 6 heteroatoms. The Balaban J connectivity index is 1.58. The molecule has 156 valence electrons. The van der Waals surface area contributed by atoms with Gasteiger partial charge in [0.15, 0.2) is 5.16 Å². The predicted molar refractivity (Wildman–Crippen MR) is 122 cm³/mol. The van der Waals surface area contributed by atoms with Gasteiger partial charge >= 0.3 is 0 Å². The van der Waals surface area contributed by atoms with Crippen molar-refractivity contribution in [3.05, 3.63) is 65.5 Å². The number of carbonyl (C=O) groups excluding carboxylic acids is 1. The van der Waals surface area contributed by atoms with Crippen LogP contribution in [-0.2, 0) is 16.0 Å². The molecular formula is C24H28N4OS. The summed E-state index contributed by atoms with van der Waals surface area (Å²) in [4.78, 5) is 11.5. The Labute approximate surface area is 182 Å². The smallest absolute Gasteiger partial charge is 0.221 e. The van der Waals surface area contributed by atoms with E-state index in [4.69, 9.17) is 0 Å². The van der Waals surface area contributed by atoms with Crippen LogP contribution >= 0.6 is 11.8 Å². The van der Waals surface area contributed by atoms with Crippen molar-refractivity contribution in [3.63, 3.8) is 0 Å². The highest BCUT2D eigenvalue weighted by molar-refractivity contribution is 7.98. The zero-order valence-electron chi connectivity index (χ0n) is 18.0. The van der Waals surface area contributed by atoms with Crippen molar-refractivity contribution in [3.8, 4) is 5.69 Å². The summed E-state index contributed by atoms with van der Waals surface area (Å²) in [6.45, 7) is 8.21. The fourth-order valence-electron chi connectivity index (χ4n) is 3.40. The average molecular weight is 421 g/mol. The van der Waals surface area contributed by atoms with Gasteiger partial charge < -0.3 is 5.32 Å². The minimum atomic E-state index is -0.0772. The molecule has 1 heterocycles. The molecule has 1 aliphatic rings. The van der Waals surface area contributed by atoms with Gasteiger partial charge in [0, 0.05) is 24.3 Å². The first-order valence-corrected chi connectivity index (χ1v) is 11.4. The topological polar surface area (TPSA) is 59.8 Å². The lowest BCUT2D eigenvalue weighted by Crippen LogP contribution is -2.10. The lowest BCUT2D eigenvalue weighted by atomic mass is 9.87. The molecule has 30 heavy (non-hydrogen) atoms. The molecule has 0 aliphatic heterocycles. The molecule has 0 spiro atoms. The number of nitrogens with one attached hydrogen (secondary N) is 1. The van der Waals surface area contributed by atoms with Crippen LogP contribution in [0.3, 0.4) is 0 Å². The standard InChI is InChI=1S/C24H28N4OS/c1-16(29)25-20-6-5-7-21(14-20)28-22(18-10-11-18)26-27-23(28)30-15-17-8-12-19(13-9-17)24(2,3)4/h5-9,12-14,18H,10-11,15H2,1-4H3,(H,25,29). The molecule has 5 nitrogen and oxygen atoms in total. The molecular weight excluding hydrogens is 392 g/mol. The van der Waals surface area contributed by atoms with Gasteiger partial charge in [-0.25, -0.2) is 0 Å². The lowest BCUT2D eigenvalue weighted by molar-refractivity contribution is -0.114. The molecule has 0 atom stereocenters. The first kappa shape index (κ1) is 20.7. The van der Waals surface area contributed by atoms with Crippen molar-refractivity contribution in [2.45, 2.75) is 62.8 Å². The number of rotatable bonds is 6. The molecule has 4 rings (SSSR count). The van der Waals surface area contributed by atoms with Crippen LogP contribution < -0.4 is 5.32 Å². The second-order valence-electron chi connectivity index (χ2n) is 8.92. The van der Waals surface area contributed by atoms with E-state index in [1.54, 1.807) is 11.8 Å². The number of amides is 1. The zero-order chi connectivity index (χ0) is 21.3. The molecule has 1 aliphatic carbocycles. The van der Waals surface area contributed by atoms with Crippen molar-refractivity contribution in [2.24, 2.45) is 0 Å². The van der Waals surface area contributed by atoms with E-state index in [0.29, 0.717) is 5.92 Å². The molecule has 2 aromatic carbocycles. The van der Waals surface area contributed by atoms with E-state index in [1.807, 2.05) is 24.3 Å². The SMILES string of the molecule is CC(=O)Nc1cccc(-n2c(SCc3ccc(C(C)(C)C)cc3)nnc2C2CC2)c1. The third kappa shape index (κ3) is 4.75. The number of aromatic nitrogens is 3. The summed E-state index contributed by atoms with van der Waals surface area (Å²) in [6.07, 6.45) is 2.31. The number of carbonyl (C=O) groups is 1. The van der Waals surface area contributed by atoms with Gasteiger partial charge in [-0.1, -0.05) is 62.9 Å². The summed E-state index contributed by atoms with van der Waals surface area (Å²) >= 11 is 1.70. The first-order chi connectivity index (χ1) is 14.3. The van der Waals surface area contributed by atoms with Crippen LogP contribution in [0, 0.1) is 0 Å². The predicted octanol–water partition coefficient (Wildman–Crippen LogP) is 5.69. The summed E-state index contributed by atoms with van der Waals surface area (Å²) in [5.74, 6) is 2.24. The Morgan fingerprint density at radius 1 is 1.13 bits per heavy atom. The fraction of sp³-hybridized carbons (Fsp3) is 0.375. The third-order valence-corrected chi connectivity index (χ3v) is 6.21. The monoisotopic (exact) mass is 420 g/mol. The Morgan fingerprint density at radius 3 is 2.50 bits per heavy atom. The molecule has 0 saturated heterocycles. The molecule has 1 aromatic heterocycles. The average Bonchev–Trinajstić information content (AvgIpc) is 3.45. The molecule has 0 radical (unpaired) electrons. The molecule has 1 saturated carbocycles. The van der Waals surface area contributed by atoms with E-state index in [2.05, 4.69) is 65.1 Å². The fourth-order valence-corrected chi connectivity index (χ4v) is 4.31. The van der Waals surface area contributed by atoms with Gasteiger partial charge in [0.05, 0.1) is 5.69 Å². The van der Waals surface area contributed by atoms with Gasteiger partial charge in [-0.2, -0.15) is 0 Å². The van der Waals surface area contributed by atoms with Crippen LogP contribution in [-0.4, -0.2) is 20.7 Å².